The monoisotopic (exact) mass is 471 g/mol. The number of anilines is 1. The first-order valence-electron chi connectivity index (χ1n) is 11.1. The van der Waals surface area contributed by atoms with Crippen LogP contribution in [-0.2, 0) is 4.79 Å². The fourth-order valence-electron chi connectivity index (χ4n) is 4.09. The average Bonchev–Trinajstić information content (AvgIpc) is 3.33. The van der Waals surface area contributed by atoms with Gasteiger partial charge in [-0.25, -0.2) is 4.39 Å². The molecule has 1 aromatic carbocycles. The van der Waals surface area contributed by atoms with Gasteiger partial charge in [0.15, 0.2) is 5.16 Å². The van der Waals surface area contributed by atoms with Crippen LogP contribution in [0, 0.1) is 5.82 Å². The number of hydrogen-bond donors (Lipinski definition) is 1. The van der Waals surface area contributed by atoms with Crippen molar-refractivity contribution in [3.05, 3.63) is 58.0 Å². The van der Waals surface area contributed by atoms with Crippen molar-refractivity contribution >= 4 is 35.0 Å². The van der Waals surface area contributed by atoms with Gasteiger partial charge in [-0.3, -0.25) is 9.36 Å². The number of benzene rings is 1. The topological polar surface area (TPSA) is 63.1 Å². The molecule has 2 aromatic heterocycles. The lowest BCUT2D eigenvalue weighted by atomic mass is 10.1. The molecule has 9 heteroatoms. The van der Waals surface area contributed by atoms with E-state index in [0.717, 1.165) is 47.5 Å². The van der Waals surface area contributed by atoms with Crippen LogP contribution in [0.25, 0.3) is 0 Å². The fourth-order valence-corrected chi connectivity index (χ4v) is 5.71. The number of aromatic nitrogens is 3. The van der Waals surface area contributed by atoms with E-state index in [2.05, 4.69) is 25.0 Å². The van der Waals surface area contributed by atoms with E-state index in [4.69, 9.17) is 0 Å². The maximum Gasteiger partial charge on any atom is 0.231 e. The van der Waals surface area contributed by atoms with Gasteiger partial charge in [-0.05, 0) is 61.2 Å². The number of carbonyl (C=O) groups excluding carboxylic acids is 1. The molecule has 0 spiro atoms. The van der Waals surface area contributed by atoms with Gasteiger partial charge in [-0.2, -0.15) is 0 Å². The van der Waals surface area contributed by atoms with Crippen molar-refractivity contribution in [2.24, 2.45) is 0 Å². The van der Waals surface area contributed by atoms with E-state index in [0.29, 0.717) is 6.04 Å². The number of carbonyl (C=O) groups is 1. The van der Waals surface area contributed by atoms with Crippen molar-refractivity contribution in [3.8, 4) is 0 Å². The molecule has 3 heterocycles. The predicted molar refractivity (Wildman–Crippen MR) is 126 cm³/mol. The zero-order valence-electron chi connectivity index (χ0n) is 17.7. The van der Waals surface area contributed by atoms with Gasteiger partial charge >= 0.3 is 0 Å². The summed E-state index contributed by atoms with van der Waals surface area (Å²) in [6, 6.07) is 10.4. The molecule has 1 atom stereocenters. The van der Waals surface area contributed by atoms with Crippen molar-refractivity contribution < 1.29 is 9.18 Å². The molecule has 2 aliphatic rings. The molecule has 0 bridgehead atoms. The summed E-state index contributed by atoms with van der Waals surface area (Å²) in [5.74, 6) is 0.846. The van der Waals surface area contributed by atoms with Crippen LogP contribution in [0.2, 0.25) is 0 Å². The Kier molecular flexibility index (Phi) is 6.45. The van der Waals surface area contributed by atoms with Gasteiger partial charge in [0.2, 0.25) is 11.9 Å². The minimum Gasteiger partial charge on any atom is -0.344 e. The highest BCUT2D eigenvalue weighted by molar-refractivity contribution is 7.99. The second-order valence-corrected chi connectivity index (χ2v) is 10.2. The predicted octanol–water partition coefficient (Wildman–Crippen LogP) is 4.80. The molecule has 1 aliphatic carbocycles. The van der Waals surface area contributed by atoms with Gasteiger partial charge in [0.1, 0.15) is 5.82 Å². The molecule has 3 aromatic rings. The number of thiophene rings is 1. The van der Waals surface area contributed by atoms with Crippen LogP contribution in [0.5, 0.6) is 0 Å². The second-order valence-electron chi connectivity index (χ2n) is 8.29. The highest BCUT2D eigenvalue weighted by atomic mass is 32.2. The Hall–Kier alpha value is -2.39. The Bertz CT molecular complexity index is 1040. The quantitative estimate of drug-likeness (QED) is 0.478. The van der Waals surface area contributed by atoms with E-state index >= 15 is 0 Å². The Labute approximate surface area is 195 Å². The van der Waals surface area contributed by atoms with Gasteiger partial charge in [0, 0.05) is 24.0 Å². The molecule has 6 nitrogen and oxygen atoms in total. The van der Waals surface area contributed by atoms with E-state index in [9.17, 15) is 9.18 Å². The number of halogens is 1. The van der Waals surface area contributed by atoms with Crippen LogP contribution in [0.15, 0.2) is 46.9 Å². The molecule has 1 aliphatic heterocycles. The summed E-state index contributed by atoms with van der Waals surface area (Å²) < 4.78 is 15.6. The normalized spacial score (nSPS) is 17.3. The maximum atomic E-state index is 13.4. The molecular weight excluding hydrogens is 445 g/mol. The molecule has 1 unspecified atom stereocenters. The Morgan fingerprint density at radius 1 is 1.16 bits per heavy atom. The molecular formula is C23H26FN5OS2. The first-order valence-corrected chi connectivity index (χ1v) is 13.0. The van der Waals surface area contributed by atoms with Gasteiger partial charge in [0.05, 0.1) is 11.8 Å². The summed E-state index contributed by atoms with van der Waals surface area (Å²) in [5, 5.41) is 14.8. The van der Waals surface area contributed by atoms with Crippen LogP contribution in [0.3, 0.4) is 0 Å². The summed E-state index contributed by atoms with van der Waals surface area (Å²) in [4.78, 5) is 16.2. The van der Waals surface area contributed by atoms with Crippen molar-refractivity contribution in [1.29, 1.82) is 0 Å². The zero-order valence-corrected chi connectivity index (χ0v) is 19.4. The molecule has 1 amide bonds. The highest BCUT2D eigenvalue weighted by Gasteiger charge is 2.32. The summed E-state index contributed by atoms with van der Waals surface area (Å²) in [6.45, 7) is 2.05. The number of nitrogens with one attached hydrogen (secondary N) is 1. The van der Waals surface area contributed by atoms with Crippen molar-refractivity contribution in [1.82, 2.24) is 20.1 Å². The minimum atomic E-state index is -0.297. The van der Waals surface area contributed by atoms with Crippen molar-refractivity contribution in [3.63, 3.8) is 0 Å². The van der Waals surface area contributed by atoms with Gasteiger partial charge < -0.3 is 10.2 Å². The van der Waals surface area contributed by atoms with E-state index in [1.54, 1.807) is 23.5 Å². The third kappa shape index (κ3) is 4.83. The number of nitrogens with zero attached hydrogens (tertiary/aromatic N) is 4. The lowest BCUT2D eigenvalue weighted by molar-refractivity contribution is -0.119. The summed E-state index contributed by atoms with van der Waals surface area (Å²) in [6.07, 6.45) is 5.94. The van der Waals surface area contributed by atoms with E-state index in [-0.39, 0.29) is 23.5 Å². The van der Waals surface area contributed by atoms with Crippen molar-refractivity contribution in [2.45, 2.75) is 49.3 Å². The third-order valence-electron chi connectivity index (χ3n) is 5.87. The molecule has 0 radical (unpaired) electrons. The molecule has 1 saturated heterocycles. The van der Waals surface area contributed by atoms with Crippen LogP contribution >= 0.6 is 23.1 Å². The minimum absolute atomic E-state index is 0.0809. The third-order valence-corrected chi connectivity index (χ3v) is 7.75. The van der Waals surface area contributed by atoms with Crippen LogP contribution in [0.4, 0.5) is 10.3 Å². The standard InChI is InChI=1S/C23H26FN5OS2/c24-17-8-6-16(7-9-17)21(19-5-4-14-31-19)25-20(30)15-32-23-27-26-22(29(23)18-10-11-18)28-12-2-1-3-13-28/h4-9,14,18,21H,1-3,10-13,15H2,(H,25,30). The zero-order chi connectivity index (χ0) is 21.9. The first-order chi connectivity index (χ1) is 15.7. The lowest BCUT2D eigenvalue weighted by Crippen LogP contribution is -2.32. The van der Waals surface area contributed by atoms with E-state index < -0.39 is 0 Å². The number of rotatable bonds is 8. The van der Waals surface area contributed by atoms with Crippen LogP contribution < -0.4 is 10.2 Å². The second kappa shape index (κ2) is 9.62. The SMILES string of the molecule is O=C(CSc1nnc(N2CCCCC2)n1C1CC1)NC(c1ccc(F)cc1)c1cccs1. The van der Waals surface area contributed by atoms with Gasteiger partial charge in [0.25, 0.3) is 0 Å². The number of amides is 1. The molecule has 1 N–H and O–H groups in total. The Balaban J connectivity index is 1.28. The number of thioether (sulfide) groups is 1. The smallest absolute Gasteiger partial charge is 0.231 e. The summed E-state index contributed by atoms with van der Waals surface area (Å²) in [7, 11) is 0. The number of hydrogen-bond acceptors (Lipinski definition) is 6. The van der Waals surface area contributed by atoms with Crippen molar-refractivity contribution in [2.75, 3.05) is 23.7 Å². The average molecular weight is 472 g/mol. The summed E-state index contributed by atoms with van der Waals surface area (Å²) >= 11 is 3.01. The Morgan fingerprint density at radius 3 is 2.62 bits per heavy atom. The van der Waals surface area contributed by atoms with E-state index in [1.807, 2.05) is 17.5 Å². The first kappa shape index (κ1) is 21.5. The molecule has 2 fully saturated rings. The van der Waals surface area contributed by atoms with Gasteiger partial charge in [-0.15, -0.1) is 21.5 Å². The van der Waals surface area contributed by atoms with Crippen LogP contribution in [0.1, 0.15) is 54.6 Å². The maximum absolute atomic E-state index is 13.4. The highest BCUT2D eigenvalue weighted by Crippen LogP contribution is 2.41. The Morgan fingerprint density at radius 2 is 1.94 bits per heavy atom. The largest absolute Gasteiger partial charge is 0.344 e. The van der Waals surface area contributed by atoms with E-state index in [1.165, 1.54) is 43.2 Å². The molecule has 5 rings (SSSR count). The molecule has 32 heavy (non-hydrogen) atoms. The molecule has 168 valence electrons. The number of piperidine rings is 1. The summed E-state index contributed by atoms with van der Waals surface area (Å²) in [5.41, 5.74) is 0.862. The lowest BCUT2D eigenvalue weighted by Gasteiger charge is -2.27. The molecule has 1 saturated carbocycles. The van der Waals surface area contributed by atoms with Gasteiger partial charge in [-0.1, -0.05) is 30.0 Å². The van der Waals surface area contributed by atoms with Crippen LogP contribution in [-0.4, -0.2) is 39.5 Å². The fraction of sp³-hybridized carbons (Fsp3) is 0.435.